The number of hydrogen-bond donors (Lipinski definition) is 3. The molecule has 2 unspecified atom stereocenters. The molecule has 8 nitrogen and oxygen atoms in total. The van der Waals surface area contributed by atoms with Crippen LogP contribution in [0, 0.1) is 6.92 Å². The number of hydrogen-bond acceptors (Lipinski definition) is 7. The summed E-state index contributed by atoms with van der Waals surface area (Å²) in [4.78, 5) is 23.3. The molecule has 0 saturated carbocycles. The number of aromatic nitrogens is 4. The van der Waals surface area contributed by atoms with Crippen molar-refractivity contribution in [2.75, 3.05) is 0 Å². The molecule has 0 aromatic carbocycles. The molecule has 4 rings (SSSR count). The van der Waals surface area contributed by atoms with Crippen LogP contribution >= 0.6 is 11.3 Å². The number of hydrazine groups is 1. The first-order valence-electron chi connectivity index (χ1n) is 8.34. The third-order valence-electron chi connectivity index (χ3n) is 4.28. The Bertz CT molecular complexity index is 892. The SMILES string of the molecule is Cc1ccc(C2CC(C(=O)NCc3cccnc3-n3cncn3)NN2)s1. The molecule has 0 spiro atoms. The fraction of sp³-hybridized carbons (Fsp3) is 0.294. The van der Waals surface area contributed by atoms with E-state index in [0.29, 0.717) is 12.4 Å². The van der Waals surface area contributed by atoms with Crippen LogP contribution in [0.5, 0.6) is 0 Å². The second-order valence-corrected chi connectivity index (χ2v) is 7.44. The van der Waals surface area contributed by atoms with Crippen LogP contribution in [-0.4, -0.2) is 31.7 Å². The van der Waals surface area contributed by atoms with E-state index in [1.807, 2.05) is 12.1 Å². The largest absolute Gasteiger partial charge is 0.350 e. The molecule has 1 saturated heterocycles. The molecule has 1 aliphatic heterocycles. The van der Waals surface area contributed by atoms with E-state index in [2.05, 4.69) is 50.3 Å². The standard InChI is InChI=1S/C17H19N7OS/c1-11-4-5-15(26-11)13-7-14(23-22-13)17(25)20-8-12-3-2-6-19-16(12)24-10-18-9-21-24/h2-6,9-10,13-14,22-23H,7-8H2,1H3,(H,20,25). The molecule has 0 radical (unpaired) electrons. The zero-order valence-electron chi connectivity index (χ0n) is 14.2. The van der Waals surface area contributed by atoms with Gasteiger partial charge >= 0.3 is 0 Å². The Morgan fingerprint density at radius 2 is 2.31 bits per heavy atom. The summed E-state index contributed by atoms with van der Waals surface area (Å²) in [6.07, 6.45) is 5.45. The summed E-state index contributed by atoms with van der Waals surface area (Å²) < 4.78 is 1.59. The molecule has 0 bridgehead atoms. The number of nitrogens with zero attached hydrogens (tertiary/aromatic N) is 4. The highest BCUT2D eigenvalue weighted by Gasteiger charge is 2.30. The van der Waals surface area contributed by atoms with Crippen molar-refractivity contribution in [2.24, 2.45) is 0 Å². The normalized spacial score (nSPS) is 19.6. The van der Waals surface area contributed by atoms with E-state index >= 15 is 0 Å². The lowest BCUT2D eigenvalue weighted by Crippen LogP contribution is -2.43. The third-order valence-corrected chi connectivity index (χ3v) is 5.39. The van der Waals surface area contributed by atoms with Gasteiger partial charge in [0, 0.05) is 28.1 Å². The predicted octanol–water partition coefficient (Wildman–Crippen LogP) is 1.26. The number of thiophene rings is 1. The van der Waals surface area contributed by atoms with Gasteiger partial charge in [-0.15, -0.1) is 11.3 Å². The summed E-state index contributed by atoms with van der Waals surface area (Å²) in [7, 11) is 0. The molecule has 134 valence electrons. The van der Waals surface area contributed by atoms with Gasteiger partial charge in [-0.1, -0.05) is 6.07 Å². The summed E-state index contributed by atoms with van der Waals surface area (Å²) in [6.45, 7) is 2.46. The van der Waals surface area contributed by atoms with Gasteiger partial charge < -0.3 is 5.32 Å². The van der Waals surface area contributed by atoms with Crippen molar-refractivity contribution in [3.63, 3.8) is 0 Å². The van der Waals surface area contributed by atoms with E-state index in [9.17, 15) is 4.79 Å². The Labute approximate surface area is 154 Å². The molecule has 1 fully saturated rings. The molecule has 9 heteroatoms. The first-order valence-corrected chi connectivity index (χ1v) is 9.16. The quantitative estimate of drug-likeness (QED) is 0.626. The van der Waals surface area contributed by atoms with Crippen molar-refractivity contribution in [2.45, 2.75) is 32.0 Å². The lowest BCUT2D eigenvalue weighted by molar-refractivity contribution is -0.123. The summed E-state index contributed by atoms with van der Waals surface area (Å²) in [5, 5.41) is 7.09. The van der Waals surface area contributed by atoms with Crippen LogP contribution < -0.4 is 16.2 Å². The Balaban J connectivity index is 1.38. The van der Waals surface area contributed by atoms with Gasteiger partial charge in [0.2, 0.25) is 5.91 Å². The number of carbonyl (C=O) groups is 1. The van der Waals surface area contributed by atoms with Crippen LogP contribution in [0.2, 0.25) is 0 Å². The fourth-order valence-electron chi connectivity index (χ4n) is 2.95. The highest BCUT2D eigenvalue weighted by atomic mass is 32.1. The molecule has 3 aromatic rings. The van der Waals surface area contributed by atoms with E-state index in [-0.39, 0.29) is 18.0 Å². The minimum absolute atomic E-state index is 0.0401. The Hall–Kier alpha value is -2.62. The van der Waals surface area contributed by atoms with Gasteiger partial charge in [0.25, 0.3) is 0 Å². The monoisotopic (exact) mass is 369 g/mol. The molecule has 1 amide bonds. The summed E-state index contributed by atoms with van der Waals surface area (Å²) in [6, 6.07) is 7.86. The van der Waals surface area contributed by atoms with Gasteiger partial charge in [-0.25, -0.2) is 25.5 Å². The maximum atomic E-state index is 12.5. The highest BCUT2D eigenvalue weighted by molar-refractivity contribution is 7.12. The second-order valence-electron chi connectivity index (χ2n) is 6.12. The molecule has 2 atom stereocenters. The molecule has 0 aliphatic carbocycles. The van der Waals surface area contributed by atoms with Crippen molar-refractivity contribution in [1.82, 2.24) is 35.9 Å². The molecule has 3 aromatic heterocycles. The average Bonchev–Trinajstić information content (AvgIpc) is 3.40. The molecular formula is C17H19N7OS. The lowest BCUT2D eigenvalue weighted by atomic mass is 10.1. The second kappa shape index (κ2) is 7.32. The number of pyridine rings is 1. The summed E-state index contributed by atoms with van der Waals surface area (Å²) in [5.41, 5.74) is 7.19. The zero-order chi connectivity index (χ0) is 17.9. The van der Waals surface area contributed by atoms with Gasteiger partial charge in [-0.3, -0.25) is 4.79 Å². The minimum Gasteiger partial charge on any atom is -0.350 e. The van der Waals surface area contributed by atoms with E-state index < -0.39 is 0 Å². The van der Waals surface area contributed by atoms with Crippen molar-refractivity contribution >= 4 is 17.2 Å². The first-order chi connectivity index (χ1) is 12.7. The lowest BCUT2D eigenvalue weighted by Gasteiger charge is -2.12. The maximum Gasteiger partial charge on any atom is 0.238 e. The number of rotatable bonds is 5. The van der Waals surface area contributed by atoms with Gasteiger partial charge in [0.15, 0.2) is 5.82 Å². The van der Waals surface area contributed by atoms with Crippen LogP contribution in [0.3, 0.4) is 0 Å². The van der Waals surface area contributed by atoms with Crippen molar-refractivity contribution in [3.05, 3.63) is 58.4 Å². The summed E-state index contributed by atoms with van der Waals surface area (Å²) >= 11 is 1.75. The van der Waals surface area contributed by atoms with Gasteiger partial charge in [0.1, 0.15) is 18.7 Å². The van der Waals surface area contributed by atoms with Crippen LogP contribution in [0.1, 0.15) is 27.8 Å². The van der Waals surface area contributed by atoms with Crippen LogP contribution in [0.15, 0.2) is 43.1 Å². The fourth-order valence-corrected chi connectivity index (χ4v) is 3.89. The maximum absolute atomic E-state index is 12.5. The molecular weight excluding hydrogens is 350 g/mol. The van der Waals surface area contributed by atoms with Crippen LogP contribution in [0.25, 0.3) is 5.82 Å². The zero-order valence-corrected chi connectivity index (χ0v) is 15.0. The third kappa shape index (κ3) is 3.50. The number of aryl methyl sites for hydroxylation is 1. The van der Waals surface area contributed by atoms with Crippen LogP contribution in [0.4, 0.5) is 0 Å². The number of amides is 1. The Kier molecular flexibility index (Phi) is 4.74. The Morgan fingerprint density at radius 1 is 1.38 bits per heavy atom. The molecule has 26 heavy (non-hydrogen) atoms. The van der Waals surface area contributed by atoms with Crippen molar-refractivity contribution in [3.8, 4) is 5.82 Å². The van der Waals surface area contributed by atoms with E-state index in [1.165, 1.54) is 16.1 Å². The van der Waals surface area contributed by atoms with E-state index in [0.717, 1.165) is 12.0 Å². The van der Waals surface area contributed by atoms with Crippen molar-refractivity contribution < 1.29 is 4.79 Å². The van der Waals surface area contributed by atoms with Crippen molar-refractivity contribution in [1.29, 1.82) is 0 Å². The minimum atomic E-state index is -0.270. The van der Waals surface area contributed by atoms with Gasteiger partial charge in [-0.2, -0.15) is 5.10 Å². The first kappa shape index (κ1) is 16.8. The topological polar surface area (TPSA) is 96.8 Å². The molecule has 4 heterocycles. The average molecular weight is 369 g/mol. The smallest absolute Gasteiger partial charge is 0.238 e. The van der Waals surface area contributed by atoms with Crippen LogP contribution in [-0.2, 0) is 11.3 Å². The van der Waals surface area contributed by atoms with E-state index in [4.69, 9.17) is 0 Å². The summed E-state index contributed by atoms with van der Waals surface area (Å²) in [5.74, 6) is 0.622. The molecule has 1 aliphatic rings. The van der Waals surface area contributed by atoms with E-state index in [1.54, 1.807) is 28.5 Å². The number of carbonyl (C=O) groups excluding carboxylic acids is 1. The number of nitrogens with one attached hydrogen (secondary N) is 3. The van der Waals surface area contributed by atoms with Gasteiger partial charge in [0.05, 0.1) is 6.04 Å². The Morgan fingerprint density at radius 3 is 3.08 bits per heavy atom. The highest BCUT2D eigenvalue weighted by Crippen LogP contribution is 2.28. The van der Waals surface area contributed by atoms with Gasteiger partial charge in [-0.05, 0) is 31.5 Å². The molecule has 3 N–H and O–H groups in total. The predicted molar refractivity (Wildman–Crippen MR) is 97.5 cm³/mol.